The number of rotatable bonds is 4. The van der Waals surface area contributed by atoms with E-state index in [2.05, 4.69) is 34.4 Å². The first-order chi connectivity index (χ1) is 10.3. The Hall–Kier alpha value is -1.72. The minimum absolute atomic E-state index is 0.319. The molecule has 1 aromatic carbocycles. The lowest BCUT2D eigenvalue weighted by Crippen LogP contribution is -2.17. The van der Waals surface area contributed by atoms with Crippen LogP contribution in [0.25, 0.3) is 0 Å². The second-order valence-electron chi connectivity index (χ2n) is 6.01. The third-order valence-corrected chi connectivity index (χ3v) is 4.75. The lowest BCUT2D eigenvalue weighted by atomic mass is 9.92. The molecule has 0 radical (unpaired) electrons. The summed E-state index contributed by atoms with van der Waals surface area (Å²) >= 11 is 0. The summed E-state index contributed by atoms with van der Waals surface area (Å²) in [5.74, 6) is 2.84. The van der Waals surface area contributed by atoms with Gasteiger partial charge in [-0.2, -0.15) is 4.98 Å². The largest absolute Gasteiger partial charge is 0.383 e. The maximum atomic E-state index is 5.95. The Kier molecular flexibility index (Phi) is 3.05. The van der Waals surface area contributed by atoms with Crippen molar-refractivity contribution in [2.24, 2.45) is 11.7 Å². The van der Waals surface area contributed by atoms with Gasteiger partial charge in [-0.25, -0.2) is 0 Å². The minimum Gasteiger partial charge on any atom is -0.383 e. The summed E-state index contributed by atoms with van der Waals surface area (Å²) in [7, 11) is 1.62. The number of nitrogens with zero attached hydrogens (tertiary/aromatic N) is 2. The Morgan fingerprint density at radius 2 is 2.24 bits per heavy atom. The van der Waals surface area contributed by atoms with Crippen molar-refractivity contribution in [1.82, 2.24) is 10.1 Å². The molecule has 4 unspecified atom stereocenters. The van der Waals surface area contributed by atoms with Gasteiger partial charge in [0.15, 0.2) is 5.82 Å². The fourth-order valence-corrected chi connectivity index (χ4v) is 3.69. The second kappa shape index (κ2) is 4.93. The van der Waals surface area contributed by atoms with Gasteiger partial charge in [-0.15, -0.1) is 0 Å². The summed E-state index contributed by atoms with van der Waals surface area (Å²) < 4.78 is 10.5. The summed E-state index contributed by atoms with van der Waals surface area (Å²) in [4.78, 5) is 4.51. The molecule has 0 bridgehead atoms. The first-order valence-electron chi connectivity index (χ1n) is 7.45. The molecule has 0 amide bonds. The van der Waals surface area contributed by atoms with Crippen LogP contribution in [0.15, 0.2) is 28.8 Å². The van der Waals surface area contributed by atoms with Crippen LogP contribution in [0, 0.1) is 5.92 Å². The Morgan fingerprint density at radius 1 is 1.38 bits per heavy atom. The molecule has 4 atom stereocenters. The molecule has 2 aromatic rings. The Labute approximate surface area is 123 Å². The number of aryl methyl sites for hydroxylation is 1. The van der Waals surface area contributed by atoms with Gasteiger partial charge in [0.25, 0.3) is 0 Å². The normalized spacial score (nSPS) is 27.8. The number of fused-ring (bicyclic) bond motifs is 3. The quantitative estimate of drug-likeness (QED) is 0.931. The zero-order chi connectivity index (χ0) is 14.4. The van der Waals surface area contributed by atoms with E-state index in [1.54, 1.807) is 7.11 Å². The highest BCUT2D eigenvalue weighted by atomic mass is 16.5. The predicted molar refractivity (Wildman–Crippen MR) is 76.8 cm³/mol. The Morgan fingerprint density at radius 3 is 3.10 bits per heavy atom. The molecule has 4 rings (SSSR count). The van der Waals surface area contributed by atoms with Crippen molar-refractivity contribution < 1.29 is 9.26 Å². The lowest BCUT2D eigenvalue weighted by Gasteiger charge is -2.13. The third kappa shape index (κ3) is 2.08. The van der Waals surface area contributed by atoms with Crippen LogP contribution >= 0.6 is 0 Å². The average Bonchev–Trinajstić information content (AvgIpc) is 3.05. The standard InChI is InChI=1S/C16H19N3O2/c1-20-8-12(17)15-18-16(21-19-15)14-11-7-6-9-4-2-3-5-10(9)13(11)14/h2-5,11-14H,6-8,17H2,1H3. The topological polar surface area (TPSA) is 74.2 Å². The van der Waals surface area contributed by atoms with Gasteiger partial charge < -0.3 is 15.0 Å². The molecule has 1 fully saturated rings. The monoisotopic (exact) mass is 285 g/mol. The molecule has 5 nitrogen and oxygen atoms in total. The fraction of sp³-hybridized carbons (Fsp3) is 0.500. The van der Waals surface area contributed by atoms with E-state index in [0.717, 1.165) is 12.3 Å². The van der Waals surface area contributed by atoms with Gasteiger partial charge in [-0.1, -0.05) is 29.4 Å². The highest BCUT2D eigenvalue weighted by Crippen LogP contribution is 2.64. The van der Waals surface area contributed by atoms with Gasteiger partial charge in [0.05, 0.1) is 12.6 Å². The summed E-state index contributed by atoms with van der Waals surface area (Å²) in [6, 6.07) is 8.38. The van der Waals surface area contributed by atoms with Crippen LogP contribution in [-0.4, -0.2) is 23.9 Å². The van der Waals surface area contributed by atoms with E-state index in [1.165, 1.54) is 17.5 Å². The zero-order valence-corrected chi connectivity index (χ0v) is 12.0. The summed E-state index contributed by atoms with van der Waals surface area (Å²) in [6.45, 7) is 0.402. The lowest BCUT2D eigenvalue weighted by molar-refractivity contribution is 0.177. The van der Waals surface area contributed by atoms with Crippen molar-refractivity contribution in [3.05, 3.63) is 47.1 Å². The van der Waals surface area contributed by atoms with Crippen molar-refractivity contribution in [1.29, 1.82) is 0 Å². The molecule has 5 heteroatoms. The van der Waals surface area contributed by atoms with E-state index in [1.807, 2.05) is 0 Å². The average molecular weight is 285 g/mol. The molecule has 1 heterocycles. The molecule has 0 saturated heterocycles. The van der Waals surface area contributed by atoms with E-state index >= 15 is 0 Å². The molecule has 2 N–H and O–H groups in total. The van der Waals surface area contributed by atoms with Crippen LogP contribution in [0.2, 0.25) is 0 Å². The van der Waals surface area contributed by atoms with Crippen molar-refractivity contribution in [3.8, 4) is 0 Å². The SMILES string of the molecule is COCC(N)c1noc(C2C3CCc4ccccc4C32)n1. The van der Waals surface area contributed by atoms with E-state index in [0.29, 0.717) is 30.2 Å². The minimum atomic E-state index is -0.319. The van der Waals surface area contributed by atoms with Crippen molar-refractivity contribution >= 4 is 0 Å². The van der Waals surface area contributed by atoms with E-state index < -0.39 is 0 Å². The summed E-state index contributed by atoms with van der Waals surface area (Å²) in [6.07, 6.45) is 2.35. The molecular weight excluding hydrogens is 266 g/mol. The Bertz CT molecular complexity index is 654. The second-order valence-corrected chi connectivity index (χ2v) is 6.01. The van der Waals surface area contributed by atoms with Gasteiger partial charge >= 0.3 is 0 Å². The molecule has 2 aliphatic rings. The number of ether oxygens (including phenoxy) is 1. The molecular formula is C16H19N3O2. The molecule has 110 valence electrons. The van der Waals surface area contributed by atoms with Crippen molar-refractivity contribution in [3.63, 3.8) is 0 Å². The predicted octanol–water partition coefficient (Wildman–Crippen LogP) is 2.16. The number of hydrogen-bond acceptors (Lipinski definition) is 5. The maximum absolute atomic E-state index is 5.95. The number of aromatic nitrogens is 2. The van der Waals surface area contributed by atoms with Crippen LogP contribution < -0.4 is 5.73 Å². The smallest absolute Gasteiger partial charge is 0.230 e. The van der Waals surface area contributed by atoms with E-state index in [4.69, 9.17) is 15.0 Å². The first kappa shape index (κ1) is 13.0. The molecule has 0 aliphatic heterocycles. The van der Waals surface area contributed by atoms with Gasteiger partial charge in [0.1, 0.15) is 0 Å². The van der Waals surface area contributed by atoms with Gasteiger partial charge in [-0.05, 0) is 35.8 Å². The van der Waals surface area contributed by atoms with E-state index in [9.17, 15) is 0 Å². The number of hydrogen-bond donors (Lipinski definition) is 1. The fourth-order valence-electron chi connectivity index (χ4n) is 3.69. The maximum Gasteiger partial charge on any atom is 0.230 e. The highest BCUT2D eigenvalue weighted by molar-refractivity contribution is 5.42. The first-order valence-corrected chi connectivity index (χ1v) is 7.45. The van der Waals surface area contributed by atoms with Crippen molar-refractivity contribution in [2.45, 2.75) is 30.7 Å². The highest BCUT2D eigenvalue weighted by Gasteiger charge is 2.56. The number of nitrogens with two attached hydrogens (primary N) is 1. The Balaban J connectivity index is 1.57. The van der Waals surface area contributed by atoms with Crippen LogP contribution in [0.4, 0.5) is 0 Å². The van der Waals surface area contributed by atoms with Gasteiger partial charge in [-0.3, -0.25) is 0 Å². The zero-order valence-electron chi connectivity index (χ0n) is 12.0. The molecule has 21 heavy (non-hydrogen) atoms. The molecule has 1 saturated carbocycles. The number of methoxy groups -OCH3 is 1. The third-order valence-electron chi connectivity index (χ3n) is 4.75. The van der Waals surface area contributed by atoms with E-state index in [-0.39, 0.29) is 6.04 Å². The summed E-state index contributed by atoms with van der Waals surface area (Å²) in [5, 5.41) is 4.02. The van der Waals surface area contributed by atoms with Crippen LogP contribution in [0.3, 0.4) is 0 Å². The van der Waals surface area contributed by atoms with Gasteiger partial charge in [0.2, 0.25) is 5.89 Å². The van der Waals surface area contributed by atoms with Crippen LogP contribution in [0.1, 0.15) is 47.1 Å². The van der Waals surface area contributed by atoms with Gasteiger partial charge in [0, 0.05) is 13.0 Å². The molecule has 1 aromatic heterocycles. The van der Waals surface area contributed by atoms with Crippen LogP contribution in [0.5, 0.6) is 0 Å². The summed E-state index contributed by atoms with van der Waals surface area (Å²) in [5.41, 5.74) is 8.88. The number of benzene rings is 1. The molecule has 2 aliphatic carbocycles. The molecule has 0 spiro atoms. The van der Waals surface area contributed by atoms with Crippen LogP contribution in [-0.2, 0) is 11.2 Å². The van der Waals surface area contributed by atoms with Crippen molar-refractivity contribution in [2.75, 3.05) is 13.7 Å².